The highest BCUT2D eigenvalue weighted by Crippen LogP contribution is 2.20. The van der Waals surface area contributed by atoms with Crippen molar-refractivity contribution in [3.8, 4) is 0 Å². The smallest absolute Gasteiger partial charge is 0.290 e. The predicted molar refractivity (Wildman–Crippen MR) is 106 cm³/mol. The van der Waals surface area contributed by atoms with Crippen molar-refractivity contribution in [2.45, 2.75) is 32.8 Å². The fourth-order valence-electron chi connectivity index (χ4n) is 3.09. The number of ether oxygens (including phenoxy) is 1. The van der Waals surface area contributed by atoms with Crippen LogP contribution in [0.2, 0.25) is 0 Å². The van der Waals surface area contributed by atoms with Gasteiger partial charge in [0, 0.05) is 18.8 Å². The van der Waals surface area contributed by atoms with Crippen molar-refractivity contribution in [3.63, 3.8) is 0 Å². The Balaban J connectivity index is 1.72. The minimum absolute atomic E-state index is 0.0548. The third-order valence-electron chi connectivity index (χ3n) is 4.73. The Morgan fingerprint density at radius 2 is 2.07 bits per heavy atom. The summed E-state index contributed by atoms with van der Waals surface area (Å²) in [4.78, 5) is 26.9. The van der Waals surface area contributed by atoms with Crippen molar-refractivity contribution < 1.29 is 18.7 Å². The number of nitrogens with zero attached hydrogens (tertiary/aromatic N) is 1. The molecule has 1 fully saturated rings. The van der Waals surface area contributed by atoms with E-state index in [4.69, 9.17) is 9.15 Å². The van der Waals surface area contributed by atoms with Crippen LogP contribution in [-0.4, -0.2) is 42.5 Å². The van der Waals surface area contributed by atoms with Crippen molar-refractivity contribution in [2.24, 2.45) is 0 Å². The normalized spacial score (nSPS) is 16.3. The fraction of sp³-hybridized carbons (Fsp3) is 0.400. The van der Waals surface area contributed by atoms with Gasteiger partial charge in [0.1, 0.15) is 6.54 Å². The van der Waals surface area contributed by atoms with Gasteiger partial charge in [-0.25, -0.2) is 0 Å². The average Bonchev–Trinajstić information content (AvgIpc) is 3.29. The van der Waals surface area contributed by atoms with E-state index in [0.717, 1.165) is 29.7 Å². The Kier molecular flexibility index (Phi) is 6.34. The summed E-state index contributed by atoms with van der Waals surface area (Å²) in [5.41, 5.74) is 2.86. The van der Waals surface area contributed by atoms with Gasteiger partial charge in [-0.2, -0.15) is 0 Å². The lowest BCUT2D eigenvalue weighted by molar-refractivity contribution is -0.117. The molecule has 7 heteroatoms. The SMILES string of the molecule is Cc1cccc(NC(=O)CN(CC2CCCO2)C(=O)c2ccc(Br)o2)c1C. The van der Waals surface area contributed by atoms with Crippen LogP contribution in [0.4, 0.5) is 5.69 Å². The summed E-state index contributed by atoms with van der Waals surface area (Å²) in [5.74, 6) is -0.382. The molecule has 2 amide bonds. The maximum Gasteiger partial charge on any atom is 0.290 e. The molecule has 1 saturated heterocycles. The number of aryl methyl sites for hydroxylation is 1. The van der Waals surface area contributed by atoms with E-state index in [0.29, 0.717) is 17.8 Å². The zero-order valence-corrected chi connectivity index (χ0v) is 17.0. The van der Waals surface area contributed by atoms with Gasteiger partial charge in [-0.05, 0) is 71.9 Å². The average molecular weight is 435 g/mol. The quantitative estimate of drug-likeness (QED) is 0.747. The first-order valence-corrected chi connectivity index (χ1v) is 9.75. The lowest BCUT2D eigenvalue weighted by atomic mass is 10.1. The first-order valence-electron chi connectivity index (χ1n) is 8.96. The fourth-order valence-corrected chi connectivity index (χ4v) is 3.39. The molecular formula is C20H23BrN2O4. The molecule has 1 aliphatic rings. The van der Waals surface area contributed by atoms with Crippen LogP contribution in [0.15, 0.2) is 39.4 Å². The number of hydrogen-bond donors (Lipinski definition) is 1. The highest BCUT2D eigenvalue weighted by molar-refractivity contribution is 9.10. The number of carbonyl (C=O) groups is 2. The van der Waals surface area contributed by atoms with E-state index in [9.17, 15) is 9.59 Å². The van der Waals surface area contributed by atoms with Crippen molar-refractivity contribution in [2.75, 3.05) is 25.0 Å². The molecular weight excluding hydrogens is 412 g/mol. The number of hydrogen-bond acceptors (Lipinski definition) is 4. The van der Waals surface area contributed by atoms with Crippen LogP contribution in [0.3, 0.4) is 0 Å². The molecule has 0 saturated carbocycles. The number of carbonyl (C=O) groups excluding carboxylic acids is 2. The Hall–Kier alpha value is -2.12. The number of nitrogens with one attached hydrogen (secondary N) is 1. The molecule has 27 heavy (non-hydrogen) atoms. The zero-order valence-electron chi connectivity index (χ0n) is 15.5. The number of benzene rings is 1. The molecule has 0 aliphatic carbocycles. The monoisotopic (exact) mass is 434 g/mol. The van der Waals surface area contributed by atoms with E-state index in [-0.39, 0.29) is 30.2 Å². The number of anilines is 1. The summed E-state index contributed by atoms with van der Waals surface area (Å²) < 4.78 is 11.5. The largest absolute Gasteiger partial charge is 0.444 e. The van der Waals surface area contributed by atoms with Gasteiger partial charge in [0.05, 0.1) is 6.10 Å². The zero-order chi connectivity index (χ0) is 19.4. The van der Waals surface area contributed by atoms with Gasteiger partial charge in [0.25, 0.3) is 5.91 Å². The van der Waals surface area contributed by atoms with Crippen LogP contribution < -0.4 is 5.32 Å². The lowest BCUT2D eigenvalue weighted by Gasteiger charge is -2.24. The van der Waals surface area contributed by atoms with Crippen LogP contribution in [-0.2, 0) is 9.53 Å². The van der Waals surface area contributed by atoms with E-state index in [1.54, 1.807) is 12.1 Å². The second kappa shape index (κ2) is 8.71. The number of furan rings is 1. The van der Waals surface area contributed by atoms with Gasteiger partial charge in [-0.15, -0.1) is 0 Å². The van der Waals surface area contributed by atoms with Crippen LogP contribution in [0, 0.1) is 13.8 Å². The minimum Gasteiger partial charge on any atom is -0.444 e. The standard InChI is InChI=1S/C20H23BrN2O4/c1-13-5-3-7-16(14(13)2)22-19(24)12-23(11-15-6-4-10-26-15)20(25)17-8-9-18(21)27-17/h3,5,7-9,15H,4,6,10-12H2,1-2H3,(H,22,24). The topological polar surface area (TPSA) is 71.8 Å². The molecule has 0 bridgehead atoms. The highest BCUT2D eigenvalue weighted by atomic mass is 79.9. The van der Waals surface area contributed by atoms with Crippen LogP contribution in [0.5, 0.6) is 0 Å². The molecule has 0 radical (unpaired) electrons. The summed E-state index contributed by atoms with van der Waals surface area (Å²) >= 11 is 3.21. The Morgan fingerprint density at radius 1 is 1.26 bits per heavy atom. The molecule has 6 nitrogen and oxygen atoms in total. The third-order valence-corrected chi connectivity index (χ3v) is 5.16. The lowest BCUT2D eigenvalue weighted by Crippen LogP contribution is -2.42. The number of rotatable bonds is 6. The van der Waals surface area contributed by atoms with Crippen molar-refractivity contribution in [3.05, 3.63) is 51.9 Å². The van der Waals surface area contributed by atoms with Gasteiger partial charge in [0.2, 0.25) is 5.91 Å². The molecule has 1 aromatic heterocycles. The molecule has 1 aliphatic heterocycles. The van der Waals surface area contributed by atoms with Crippen LogP contribution in [0.25, 0.3) is 0 Å². The van der Waals surface area contributed by atoms with E-state index < -0.39 is 0 Å². The molecule has 2 heterocycles. The van der Waals surface area contributed by atoms with Gasteiger partial charge in [0.15, 0.2) is 10.4 Å². The van der Waals surface area contributed by atoms with E-state index in [1.807, 2.05) is 32.0 Å². The van der Waals surface area contributed by atoms with Gasteiger partial charge < -0.3 is 19.4 Å². The van der Waals surface area contributed by atoms with Crippen molar-refractivity contribution in [1.82, 2.24) is 4.90 Å². The predicted octanol–water partition coefficient (Wildman–Crippen LogP) is 3.92. The first-order chi connectivity index (χ1) is 12.9. The molecule has 1 N–H and O–H groups in total. The summed E-state index contributed by atoms with van der Waals surface area (Å²) in [7, 11) is 0. The number of halogens is 1. The van der Waals surface area contributed by atoms with E-state index in [1.165, 1.54) is 4.90 Å². The van der Waals surface area contributed by atoms with Gasteiger partial charge in [-0.3, -0.25) is 9.59 Å². The summed E-state index contributed by atoms with van der Waals surface area (Å²) in [6.07, 6.45) is 1.79. The van der Waals surface area contributed by atoms with E-state index >= 15 is 0 Å². The summed E-state index contributed by atoms with van der Waals surface area (Å²) in [6, 6.07) is 9.00. The van der Waals surface area contributed by atoms with Crippen LogP contribution >= 0.6 is 15.9 Å². The Morgan fingerprint density at radius 3 is 2.74 bits per heavy atom. The highest BCUT2D eigenvalue weighted by Gasteiger charge is 2.27. The van der Waals surface area contributed by atoms with Gasteiger partial charge in [-0.1, -0.05) is 12.1 Å². The number of amides is 2. The van der Waals surface area contributed by atoms with E-state index in [2.05, 4.69) is 21.2 Å². The maximum atomic E-state index is 12.8. The second-order valence-electron chi connectivity index (χ2n) is 6.72. The Labute approximate surface area is 167 Å². The Bertz CT molecular complexity index is 827. The first kappa shape index (κ1) is 19.6. The molecule has 1 aromatic carbocycles. The second-order valence-corrected chi connectivity index (χ2v) is 7.50. The van der Waals surface area contributed by atoms with Crippen molar-refractivity contribution >= 4 is 33.4 Å². The molecule has 144 valence electrons. The molecule has 1 atom stereocenters. The summed E-state index contributed by atoms with van der Waals surface area (Å²) in [6.45, 7) is 4.93. The van der Waals surface area contributed by atoms with Crippen LogP contribution in [0.1, 0.15) is 34.5 Å². The molecule has 1 unspecified atom stereocenters. The molecule has 2 aromatic rings. The molecule has 3 rings (SSSR count). The maximum absolute atomic E-state index is 12.8. The van der Waals surface area contributed by atoms with Gasteiger partial charge >= 0.3 is 0 Å². The molecule has 0 spiro atoms. The van der Waals surface area contributed by atoms with Crippen molar-refractivity contribution in [1.29, 1.82) is 0 Å². The third kappa shape index (κ3) is 4.99. The minimum atomic E-state index is -0.327. The summed E-state index contributed by atoms with van der Waals surface area (Å²) in [5, 5.41) is 2.90.